The number of imidazole rings is 1. The molecule has 0 saturated heterocycles. The molecule has 0 aliphatic heterocycles. The molecule has 4 aromatic heterocycles. The Bertz CT molecular complexity index is 2310. The lowest BCUT2D eigenvalue weighted by Crippen LogP contribution is -2.05. The quantitative estimate of drug-likeness (QED) is 0.167. The molecule has 0 radical (unpaired) electrons. The number of carbonyl (C=O) groups is 2. The number of pyridine rings is 3. The highest BCUT2D eigenvalue weighted by molar-refractivity contribution is 5.94. The molecule has 7 aromatic rings. The van der Waals surface area contributed by atoms with E-state index in [9.17, 15) is 9.59 Å². The van der Waals surface area contributed by atoms with Crippen molar-refractivity contribution < 1.29 is 9.59 Å². The summed E-state index contributed by atoms with van der Waals surface area (Å²) >= 11 is 0. The minimum atomic E-state index is -0.156. The molecule has 0 aliphatic rings. The Hall–Kier alpha value is -6.68. The highest BCUT2D eigenvalue weighted by Crippen LogP contribution is 2.38. The van der Waals surface area contributed by atoms with Gasteiger partial charge in [-0.05, 0) is 83.4 Å². The molecule has 0 saturated carbocycles. The van der Waals surface area contributed by atoms with Crippen LogP contribution >= 0.6 is 0 Å². The van der Waals surface area contributed by atoms with Crippen LogP contribution in [0.15, 0.2) is 122 Å². The lowest BCUT2D eigenvalue weighted by molar-refractivity contribution is -0.115. The number of hydrogen-bond donors (Lipinski definition) is 3. The topological polar surface area (TPSA) is 141 Å². The van der Waals surface area contributed by atoms with E-state index >= 15 is 0 Å². The van der Waals surface area contributed by atoms with Crippen LogP contribution in [0.1, 0.15) is 13.8 Å². The Morgan fingerprint density at radius 3 is 2.15 bits per heavy atom. The number of benzene rings is 3. The zero-order valence-electron chi connectivity index (χ0n) is 26.2. The lowest BCUT2D eigenvalue weighted by atomic mass is 9.99. The molecule has 10 nitrogen and oxygen atoms in total. The first kappa shape index (κ1) is 30.0. The monoisotopic (exact) mass is 630 g/mol. The number of hydrogen-bond acceptors (Lipinski definition) is 7. The molecular weight excluding hydrogens is 600 g/mol. The standard InChI is InChI=1S/C38H30N8O2/c1-23(47)42-29-15-13-25(14-16-29)26-7-4-11-31(20-26)46-37(32-12-6-18-41-36(32)39)44-34-21-33(27-8-3-10-30(19-27)43-24(2)48)35(45-38(34)46)28-9-5-17-40-22-28/h3-22H,1-2H3,(H2,39,41)(H,42,47)(H,43,48). The average molecular weight is 631 g/mol. The van der Waals surface area contributed by atoms with Gasteiger partial charge in [0, 0.05) is 60.6 Å². The number of nitrogens with one attached hydrogen (secondary N) is 2. The van der Waals surface area contributed by atoms with Crippen molar-refractivity contribution in [1.82, 2.24) is 24.5 Å². The number of nitrogens with two attached hydrogens (primary N) is 1. The number of nitrogens with zero attached hydrogens (tertiary/aromatic N) is 5. The molecule has 4 N–H and O–H groups in total. The number of amides is 2. The van der Waals surface area contributed by atoms with Crippen molar-refractivity contribution in [2.75, 3.05) is 16.4 Å². The van der Waals surface area contributed by atoms with Gasteiger partial charge in [-0.1, -0.05) is 36.4 Å². The van der Waals surface area contributed by atoms with Crippen LogP contribution < -0.4 is 16.4 Å². The predicted octanol–water partition coefficient (Wildman–Crippen LogP) is 7.38. The Labute approximate surface area is 276 Å². The maximum Gasteiger partial charge on any atom is 0.221 e. The maximum absolute atomic E-state index is 11.9. The summed E-state index contributed by atoms with van der Waals surface area (Å²) in [5.74, 6) is 0.647. The maximum atomic E-state index is 11.9. The largest absolute Gasteiger partial charge is 0.383 e. The molecule has 0 aliphatic carbocycles. The van der Waals surface area contributed by atoms with E-state index in [1.165, 1.54) is 13.8 Å². The van der Waals surface area contributed by atoms with Gasteiger partial charge in [0.2, 0.25) is 11.8 Å². The summed E-state index contributed by atoms with van der Waals surface area (Å²) in [6.07, 6.45) is 5.15. The Morgan fingerprint density at radius 2 is 1.40 bits per heavy atom. The van der Waals surface area contributed by atoms with Crippen LogP contribution in [0.25, 0.3) is 61.8 Å². The minimum Gasteiger partial charge on any atom is -0.383 e. The van der Waals surface area contributed by atoms with E-state index in [1.54, 1.807) is 18.6 Å². The van der Waals surface area contributed by atoms with E-state index in [1.807, 2.05) is 102 Å². The zero-order chi connectivity index (χ0) is 33.2. The predicted molar refractivity (Wildman–Crippen MR) is 189 cm³/mol. The third-order valence-corrected chi connectivity index (χ3v) is 7.78. The normalized spacial score (nSPS) is 11.0. The fraction of sp³-hybridized carbons (Fsp3) is 0.0526. The second-order valence-electron chi connectivity index (χ2n) is 11.2. The van der Waals surface area contributed by atoms with Crippen LogP contribution in [0.4, 0.5) is 17.2 Å². The third kappa shape index (κ3) is 5.97. The molecule has 2 amide bonds. The van der Waals surface area contributed by atoms with E-state index in [4.69, 9.17) is 15.7 Å². The molecular formula is C38H30N8O2. The van der Waals surface area contributed by atoms with Gasteiger partial charge in [-0.2, -0.15) is 0 Å². The highest BCUT2D eigenvalue weighted by atomic mass is 16.2. The molecule has 4 heterocycles. The van der Waals surface area contributed by atoms with Gasteiger partial charge in [0.15, 0.2) is 11.5 Å². The van der Waals surface area contributed by atoms with Crippen molar-refractivity contribution in [1.29, 1.82) is 0 Å². The van der Waals surface area contributed by atoms with Crippen molar-refractivity contribution in [2.24, 2.45) is 0 Å². The first-order valence-electron chi connectivity index (χ1n) is 15.3. The molecule has 48 heavy (non-hydrogen) atoms. The van der Waals surface area contributed by atoms with Crippen molar-refractivity contribution in [3.05, 3.63) is 122 Å². The Morgan fingerprint density at radius 1 is 0.667 bits per heavy atom. The average Bonchev–Trinajstić information content (AvgIpc) is 3.46. The highest BCUT2D eigenvalue weighted by Gasteiger charge is 2.22. The van der Waals surface area contributed by atoms with Gasteiger partial charge in [0.25, 0.3) is 0 Å². The number of rotatable bonds is 7. The van der Waals surface area contributed by atoms with Gasteiger partial charge in [-0.25, -0.2) is 15.0 Å². The van der Waals surface area contributed by atoms with Gasteiger partial charge in [-0.15, -0.1) is 0 Å². The molecule has 0 atom stereocenters. The fourth-order valence-electron chi connectivity index (χ4n) is 5.72. The summed E-state index contributed by atoms with van der Waals surface area (Å²) in [6.45, 7) is 2.97. The molecule has 7 rings (SSSR count). The molecule has 3 aromatic carbocycles. The van der Waals surface area contributed by atoms with Crippen LogP contribution in [-0.4, -0.2) is 36.3 Å². The van der Waals surface area contributed by atoms with Crippen LogP contribution in [0.5, 0.6) is 0 Å². The lowest BCUT2D eigenvalue weighted by Gasteiger charge is -2.14. The Kier molecular flexibility index (Phi) is 7.88. The van der Waals surface area contributed by atoms with Gasteiger partial charge >= 0.3 is 0 Å². The van der Waals surface area contributed by atoms with E-state index < -0.39 is 0 Å². The summed E-state index contributed by atoms with van der Waals surface area (Å²) in [7, 11) is 0. The second kappa shape index (κ2) is 12.6. The smallest absolute Gasteiger partial charge is 0.221 e. The van der Waals surface area contributed by atoms with Crippen LogP contribution in [0, 0.1) is 0 Å². The number of aromatic nitrogens is 5. The van der Waals surface area contributed by atoms with Gasteiger partial charge in [0.1, 0.15) is 11.3 Å². The van der Waals surface area contributed by atoms with Crippen LogP contribution in [0.3, 0.4) is 0 Å². The zero-order valence-corrected chi connectivity index (χ0v) is 26.2. The SMILES string of the molecule is CC(=O)Nc1ccc(-c2cccc(-n3c(-c4cccnc4N)nc4cc(-c5cccc(NC(C)=O)c5)c(-c5cccnc5)nc43)c2)cc1. The summed E-state index contributed by atoms with van der Waals surface area (Å²) in [4.78, 5) is 42.5. The summed E-state index contributed by atoms with van der Waals surface area (Å²) < 4.78 is 2.00. The van der Waals surface area contributed by atoms with E-state index in [-0.39, 0.29) is 11.8 Å². The van der Waals surface area contributed by atoms with Crippen molar-refractivity contribution in [3.8, 4) is 50.6 Å². The van der Waals surface area contributed by atoms with Gasteiger partial charge < -0.3 is 16.4 Å². The molecule has 0 fully saturated rings. The molecule has 10 heteroatoms. The number of anilines is 3. The number of fused-ring (bicyclic) bond motifs is 1. The summed E-state index contributed by atoms with van der Waals surface area (Å²) in [5.41, 5.74) is 15.7. The number of carbonyl (C=O) groups excluding carboxylic acids is 2. The first-order chi connectivity index (χ1) is 23.3. The Balaban J connectivity index is 1.47. The van der Waals surface area contributed by atoms with E-state index in [2.05, 4.69) is 26.7 Å². The van der Waals surface area contributed by atoms with Crippen LogP contribution in [0.2, 0.25) is 0 Å². The van der Waals surface area contributed by atoms with Crippen molar-refractivity contribution >= 4 is 40.2 Å². The van der Waals surface area contributed by atoms with Crippen molar-refractivity contribution in [2.45, 2.75) is 13.8 Å². The van der Waals surface area contributed by atoms with E-state index in [0.717, 1.165) is 39.2 Å². The third-order valence-electron chi connectivity index (χ3n) is 7.78. The second-order valence-corrected chi connectivity index (χ2v) is 11.2. The molecule has 0 unspecified atom stereocenters. The fourth-order valence-corrected chi connectivity index (χ4v) is 5.72. The van der Waals surface area contributed by atoms with Crippen molar-refractivity contribution in [3.63, 3.8) is 0 Å². The van der Waals surface area contributed by atoms with Crippen LogP contribution in [-0.2, 0) is 9.59 Å². The molecule has 234 valence electrons. The summed E-state index contributed by atoms with van der Waals surface area (Å²) in [5, 5.41) is 5.69. The minimum absolute atomic E-state index is 0.124. The van der Waals surface area contributed by atoms with Gasteiger partial charge in [0.05, 0.1) is 11.3 Å². The summed E-state index contributed by atoms with van der Waals surface area (Å²) in [6, 6.07) is 33.0. The van der Waals surface area contributed by atoms with E-state index in [0.29, 0.717) is 39.8 Å². The molecule has 0 bridgehead atoms. The van der Waals surface area contributed by atoms with Gasteiger partial charge in [-0.3, -0.25) is 19.1 Å². The first-order valence-corrected chi connectivity index (χ1v) is 15.3. The number of nitrogen functional groups attached to an aromatic ring is 1. The molecule has 0 spiro atoms.